The molecule has 1 aromatic heterocycles. The van der Waals surface area contributed by atoms with Gasteiger partial charge in [-0.2, -0.15) is 0 Å². The van der Waals surface area contributed by atoms with Gasteiger partial charge in [0.15, 0.2) is 12.4 Å². The average molecular weight is 341 g/mol. The Morgan fingerprint density at radius 3 is 2.20 bits per heavy atom. The molecule has 5 nitrogen and oxygen atoms in total. The Morgan fingerprint density at radius 2 is 1.64 bits per heavy atom. The smallest absolute Gasteiger partial charge is 0.355 e. The van der Waals surface area contributed by atoms with Crippen LogP contribution in [0.25, 0.3) is 0 Å². The third-order valence-corrected chi connectivity index (χ3v) is 4.59. The molecule has 132 valence electrons. The molecule has 1 heterocycles. The van der Waals surface area contributed by atoms with Gasteiger partial charge in [0.2, 0.25) is 5.78 Å². The standard InChI is InChI=1S/C20H23NO4/c1-11-7-12(2)19(14(4)13(11)3)18(23)10-25-20(24)17-8-16(15(5)22)9-21(17)6/h7-9H,10H2,1-6H3. The third-order valence-electron chi connectivity index (χ3n) is 4.59. The second-order valence-corrected chi connectivity index (χ2v) is 6.42. The number of nitrogens with zero attached hydrogens (tertiary/aromatic N) is 1. The van der Waals surface area contributed by atoms with Gasteiger partial charge in [-0.1, -0.05) is 6.07 Å². The normalized spacial score (nSPS) is 10.6. The highest BCUT2D eigenvalue weighted by atomic mass is 16.5. The zero-order chi connectivity index (χ0) is 18.9. The molecular formula is C20H23NO4. The Labute approximate surface area is 147 Å². The lowest BCUT2D eigenvalue weighted by Gasteiger charge is -2.14. The first-order valence-corrected chi connectivity index (χ1v) is 8.08. The van der Waals surface area contributed by atoms with Gasteiger partial charge in [0.05, 0.1) is 0 Å². The second-order valence-electron chi connectivity index (χ2n) is 6.42. The van der Waals surface area contributed by atoms with Crippen LogP contribution in [-0.4, -0.2) is 28.7 Å². The van der Waals surface area contributed by atoms with E-state index in [4.69, 9.17) is 4.74 Å². The Balaban J connectivity index is 2.17. The number of ketones is 2. The van der Waals surface area contributed by atoms with Crippen LogP contribution in [0.3, 0.4) is 0 Å². The van der Waals surface area contributed by atoms with Gasteiger partial charge >= 0.3 is 5.97 Å². The quantitative estimate of drug-likeness (QED) is 0.617. The number of hydrogen-bond donors (Lipinski definition) is 0. The van der Waals surface area contributed by atoms with E-state index in [9.17, 15) is 14.4 Å². The molecule has 0 aliphatic carbocycles. The Hall–Kier alpha value is -2.69. The predicted octanol–water partition coefficient (Wildman–Crippen LogP) is 3.50. The molecule has 0 aliphatic rings. The van der Waals surface area contributed by atoms with Gasteiger partial charge in [0.1, 0.15) is 5.69 Å². The lowest BCUT2D eigenvalue weighted by molar-refractivity contribution is 0.0465. The van der Waals surface area contributed by atoms with Gasteiger partial charge < -0.3 is 9.30 Å². The maximum atomic E-state index is 12.5. The fourth-order valence-corrected chi connectivity index (χ4v) is 2.95. The molecule has 0 saturated carbocycles. The number of Topliss-reactive ketones (excluding diaryl/α,β-unsaturated/α-hetero) is 2. The first-order chi connectivity index (χ1) is 11.6. The molecule has 0 atom stereocenters. The highest BCUT2D eigenvalue weighted by molar-refractivity contribution is 6.02. The SMILES string of the molecule is CC(=O)c1cc(C(=O)OCC(=O)c2c(C)cc(C)c(C)c2C)n(C)c1. The molecule has 0 amide bonds. The van der Waals surface area contributed by atoms with Crippen LogP contribution in [-0.2, 0) is 11.8 Å². The van der Waals surface area contributed by atoms with E-state index in [0.717, 1.165) is 22.3 Å². The molecule has 1 aromatic carbocycles. The molecule has 0 aliphatic heterocycles. The number of aryl methyl sites for hydroxylation is 3. The van der Waals surface area contributed by atoms with E-state index in [1.807, 2.05) is 33.8 Å². The topological polar surface area (TPSA) is 65.4 Å². The number of benzene rings is 1. The summed E-state index contributed by atoms with van der Waals surface area (Å²) in [6, 6.07) is 3.44. The summed E-state index contributed by atoms with van der Waals surface area (Å²) in [5.41, 5.74) is 5.26. The van der Waals surface area contributed by atoms with Crippen LogP contribution in [0.2, 0.25) is 0 Å². The van der Waals surface area contributed by atoms with Crippen molar-refractivity contribution in [1.29, 1.82) is 0 Å². The number of carbonyl (C=O) groups excluding carboxylic acids is 3. The minimum Gasteiger partial charge on any atom is -0.453 e. The summed E-state index contributed by atoms with van der Waals surface area (Å²) in [6.45, 7) is 8.86. The van der Waals surface area contributed by atoms with Crippen molar-refractivity contribution in [2.24, 2.45) is 7.05 Å². The fraction of sp³-hybridized carbons (Fsp3) is 0.350. The maximum Gasteiger partial charge on any atom is 0.355 e. The van der Waals surface area contributed by atoms with Crippen molar-refractivity contribution in [1.82, 2.24) is 4.57 Å². The van der Waals surface area contributed by atoms with Gasteiger partial charge in [-0.25, -0.2) is 4.79 Å². The molecule has 0 spiro atoms. The van der Waals surface area contributed by atoms with Crippen LogP contribution < -0.4 is 0 Å². The second kappa shape index (κ2) is 7.05. The number of carbonyl (C=O) groups is 3. The van der Waals surface area contributed by atoms with E-state index < -0.39 is 5.97 Å². The molecular weight excluding hydrogens is 318 g/mol. The van der Waals surface area contributed by atoms with Gasteiger partial charge in [-0.3, -0.25) is 9.59 Å². The summed E-state index contributed by atoms with van der Waals surface area (Å²) >= 11 is 0. The van der Waals surface area contributed by atoms with Crippen LogP contribution in [0.5, 0.6) is 0 Å². The minimum atomic E-state index is -0.623. The zero-order valence-electron chi connectivity index (χ0n) is 15.5. The largest absolute Gasteiger partial charge is 0.453 e. The first-order valence-electron chi connectivity index (χ1n) is 8.08. The van der Waals surface area contributed by atoms with E-state index in [1.54, 1.807) is 13.2 Å². The molecule has 0 unspecified atom stereocenters. The van der Waals surface area contributed by atoms with Crippen molar-refractivity contribution in [2.75, 3.05) is 6.61 Å². The number of esters is 1. The molecule has 25 heavy (non-hydrogen) atoms. The predicted molar refractivity (Wildman–Crippen MR) is 95.4 cm³/mol. The molecule has 0 fully saturated rings. The van der Waals surface area contributed by atoms with Crippen LogP contribution in [0, 0.1) is 27.7 Å². The number of aromatic nitrogens is 1. The highest BCUT2D eigenvalue weighted by Gasteiger charge is 2.20. The Morgan fingerprint density at radius 1 is 1.00 bits per heavy atom. The summed E-state index contributed by atoms with van der Waals surface area (Å²) in [5.74, 6) is -0.984. The minimum absolute atomic E-state index is 0.132. The average Bonchev–Trinajstić information content (AvgIpc) is 2.92. The van der Waals surface area contributed by atoms with E-state index in [1.165, 1.54) is 17.6 Å². The number of hydrogen-bond acceptors (Lipinski definition) is 4. The fourth-order valence-electron chi connectivity index (χ4n) is 2.95. The molecule has 5 heteroatoms. The molecule has 0 bridgehead atoms. The summed E-state index contributed by atoms with van der Waals surface area (Å²) in [7, 11) is 1.66. The molecule has 2 aromatic rings. The van der Waals surface area contributed by atoms with Gasteiger partial charge in [0.25, 0.3) is 0 Å². The summed E-state index contributed by atoms with van der Waals surface area (Å²) in [5, 5.41) is 0. The molecule has 0 radical (unpaired) electrons. The van der Waals surface area contributed by atoms with Gasteiger partial charge in [0, 0.05) is 24.4 Å². The number of rotatable bonds is 5. The van der Waals surface area contributed by atoms with Crippen molar-refractivity contribution in [3.05, 3.63) is 57.4 Å². The van der Waals surface area contributed by atoms with Crippen LogP contribution in [0.4, 0.5) is 0 Å². The lowest BCUT2D eigenvalue weighted by Crippen LogP contribution is -2.18. The third kappa shape index (κ3) is 3.71. The number of ether oxygens (including phenoxy) is 1. The van der Waals surface area contributed by atoms with Crippen molar-refractivity contribution in [2.45, 2.75) is 34.6 Å². The maximum absolute atomic E-state index is 12.5. The molecule has 2 rings (SSSR count). The van der Waals surface area contributed by atoms with Crippen molar-refractivity contribution >= 4 is 17.5 Å². The Kier molecular flexibility index (Phi) is 5.26. The van der Waals surface area contributed by atoms with E-state index in [0.29, 0.717) is 11.1 Å². The Bertz CT molecular complexity index is 874. The van der Waals surface area contributed by atoms with E-state index >= 15 is 0 Å². The van der Waals surface area contributed by atoms with Crippen molar-refractivity contribution < 1.29 is 19.1 Å². The molecule has 0 N–H and O–H groups in total. The van der Waals surface area contributed by atoms with Gasteiger partial charge in [-0.05, 0) is 62.9 Å². The van der Waals surface area contributed by atoms with Crippen LogP contribution in [0.1, 0.15) is 60.4 Å². The van der Waals surface area contributed by atoms with Crippen LogP contribution >= 0.6 is 0 Å². The first kappa shape index (κ1) is 18.6. The summed E-state index contributed by atoms with van der Waals surface area (Å²) in [4.78, 5) is 36.2. The van der Waals surface area contributed by atoms with Crippen LogP contribution in [0.15, 0.2) is 18.3 Å². The lowest BCUT2D eigenvalue weighted by atomic mass is 9.92. The van der Waals surface area contributed by atoms with Gasteiger partial charge in [-0.15, -0.1) is 0 Å². The monoisotopic (exact) mass is 341 g/mol. The van der Waals surface area contributed by atoms with E-state index in [-0.39, 0.29) is 23.9 Å². The highest BCUT2D eigenvalue weighted by Crippen LogP contribution is 2.22. The zero-order valence-corrected chi connectivity index (χ0v) is 15.5. The van der Waals surface area contributed by atoms with Crippen molar-refractivity contribution in [3.63, 3.8) is 0 Å². The van der Waals surface area contributed by atoms with E-state index in [2.05, 4.69) is 0 Å². The molecule has 0 saturated heterocycles. The summed E-state index contributed by atoms with van der Waals surface area (Å²) < 4.78 is 6.70. The summed E-state index contributed by atoms with van der Waals surface area (Å²) in [6.07, 6.45) is 1.57. The van der Waals surface area contributed by atoms with Crippen molar-refractivity contribution in [3.8, 4) is 0 Å².